The second-order valence-corrected chi connectivity index (χ2v) is 9.71. The number of hydrazone groups is 1. The van der Waals surface area contributed by atoms with Crippen LogP contribution in [0.25, 0.3) is 0 Å². The fourth-order valence-corrected chi connectivity index (χ4v) is 4.31. The van der Waals surface area contributed by atoms with E-state index in [9.17, 15) is 4.79 Å². The number of hydrogen-bond acceptors (Lipinski definition) is 8. The maximum Gasteiger partial charge on any atom is 0.161 e. The standard InChI is InChI=1S/C23H33N3O.ClHO4/c1-6-25(7-2)13-14-26-19-15-23(4,5)16-20(27)21(19)17(3)22(24-26)18-11-9-8-10-12-18;2-1(3,4)5/h8-12,17H,6-7,13-16H2,1-5H3;(H,2,3,4,5). The molecule has 0 spiro atoms. The first-order valence-corrected chi connectivity index (χ1v) is 12.2. The Bertz CT molecular complexity index is 839. The first-order chi connectivity index (χ1) is 14.9. The van der Waals surface area contributed by atoms with Crippen molar-refractivity contribution < 1.29 is 33.7 Å². The first-order valence-electron chi connectivity index (χ1n) is 10.9. The zero-order chi connectivity index (χ0) is 24.1. The largest absolute Gasteiger partial charge is 0.302 e. The lowest BCUT2D eigenvalue weighted by molar-refractivity contribution is -1.92. The van der Waals surface area contributed by atoms with Crippen molar-refractivity contribution in [3.8, 4) is 0 Å². The van der Waals surface area contributed by atoms with Crippen LogP contribution < -0.4 is 14.0 Å². The number of carbonyl (C=O) groups is 1. The molecule has 0 saturated heterocycles. The maximum absolute atomic E-state index is 13.1. The van der Waals surface area contributed by atoms with Crippen LogP contribution in [0.5, 0.6) is 0 Å². The summed E-state index contributed by atoms with van der Waals surface area (Å²) < 4.78 is 32.7. The molecule has 1 heterocycles. The highest BCUT2D eigenvalue weighted by atomic mass is 35.7. The van der Waals surface area contributed by atoms with E-state index in [4.69, 9.17) is 23.7 Å². The third-order valence-corrected chi connectivity index (χ3v) is 5.87. The van der Waals surface area contributed by atoms with Gasteiger partial charge < -0.3 is 4.90 Å². The van der Waals surface area contributed by atoms with Crippen LogP contribution in [0.3, 0.4) is 0 Å². The molecule has 0 bridgehead atoms. The average Bonchev–Trinajstić information content (AvgIpc) is 2.68. The number of halogens is 1. The van der Waals surface area contributed by atoms with Crippen molar-refractivity contribution in [2.45, 2.75) is 47.5 Å². The number of rotatable bonds is 6. The summed E-state index contributed by atoms with van der Waals surface area (Å²) in [5.74, 6) is 0.348. The summed E-state index contributed by atoms with van der Waals surface area (Å²) in [5.41, 5.74) is 4.27. The summed E-state index contributed by atoms with van der Waals surface area (Å²) in [7, 11) is -4.69. The Balaban J connectivity index is 0.000000654. The van der Waals surface area contributed by atoms with Gasteiger partial charge in [-0.25, -0.2) is 0 Å². The number of carbonyl (C=O) groups excluding carboxylic acids is 1. The molecule has 1 aromatic rings. The smallest absolute Gasteiger partial charge is 0.161 e. The molecule has 0 amide bonds. The number of Topliss-reactive ketones (excluding diaryl/α,β-unsaturated/α-hetero) is 1. The van der Waals surface area contributed by atoms with Crippen LogP contribution in [0.4, 0.5) is 0 Å². The predicted octanol–water partition coefficient (Wildman–Crippen LogP) is 0.203. The molecular formula is C23H34ClN3O5. The Labute approximate surface area is 192 Å². The highest BCUT2D eigenvalue weighted by molar-refractivity contribution is 6.11. The summed E-state index contributed by atoms with van der Waals surface area (Å²) in [5, 5.41) is 7.20. The zero-order valence-corrected chi connectivity index (χ0v) is 20.3. The minimum Gasteiger partial charge on any atom is -0.302 e. The number of likely N-dealkylation sites (N-methyl/N-ethyl adjacent to an activating group) is 1. The molecule has 2 aliphatic rings. The van der Waals surface area contributed by atoms with Crippen LogP contribution in [-0.4, -0.2) is 52.2 Å². The minimum absolute atomic E-state index is 0.00283. The number of hydrogen-bond donors (Lipinski definition) is 1. The molecule has 8 nitrogen and oxygen atoms in total. The van der Waals surface area contributed by atoms with E-state index in [2.05, 4.69) is 56.7 Å². The topological polar surface area (TPSA) is 125 Å². The Morgan fingerprint density at radius 1 is 1.16 bits per heavy atom. The van der Waals surface area contributed by atoms with Gasteiger partial charge in [0.25, 0.3) is 0 Å². The van der Waals surface area contributed by atoms with Crippen molar-refractivity contribution in [2.75, 3.05) is 26.2 Å². The molecule has 0 saturated carbocycles. The summed E-state index contributed by atoms with van der Waals surface area (Å²) in [6, 6.07) is 10.3. The lowest BCUT2D eigenvalue weighted by Crippen LogP contribution is -2.58. The number of benzene rings is 1. The Morgan fingerprint density at radius 3 is 2.25 bits per heavy atom. The van der Waals surface area contributed by atoms with E-state index in [1.807, 2.05) is 18.2 Å². The Kier molecular flexibility index (Phi) is 8.98. The lowest BCUT2D eigenvalue weighted by Gasteiger charge is -2.41. The molecule has 178 valence electrons. The first kappa shape index (κ1) is 26.4. The second kappa shape index (κ2) is 10.9. The van der Waals surface area contributed by atoms with Gasteiger partial charge in [-0.1, -0.05) is 65.0 Å². The van der Waals surface area contributed by atoms with E-state index >= 15 is 0 Å². The lowest BCUT2D eigenvalue weighted by atomic mass is 9.71. The Morgan fingerprint density at radius 2 is 1.72 bits per heavy atom. The summed E-state index contributed by atoms with van der Waals surface area (Å²) in [6.07, 6.45) is 1.55. The summed E-state index contributed by atoms with van der Waals surface area (Å²) >= 11 is 0. The second-order valence-electron chi connectivity index (χ2n) is 8.92. The van der Waals surface area contributed by atoms with Gasteiger partial charge in [-0.3, -0.25) is 9.80 Å². The Hall–Kier alpha value is -1.81. The van der Waals surface area contributed by atoms with Crippen molar-refractivity contribution in [3.05, 3.63) is 47.2 Å². The van der Waals surface area contributed by atoms with Crippen LogP contribution in [-0.2, 0) is 4.79 Å². The molecule has 1 aliphatic carbocycles. The third-order valence-electron chi connectivity index (χ3n) is 5.87. The number of allylic oxidation sites excluding steroid dienone is 2. The molecular weight excluding hydrogens is 434 g/mol. The maximum atomic E-state index is 13.1. The fraction of sp³-hybridized carbons (Fsp3) is 0.565. The molecule has 1 aromatic carbocycles. The van der Waals surface area contributed by atoms with E-state index in [0.717, 1.165) is 55.1 Å². The van der Waals surface area contributed by atoms with Gasteiger partial charge in [-0.15, -0.1) is 0 Å². The third kappa shape index (κ3) is 7.37. The van der Waals surface area contributed by atoms with Gasteiger partial charge in [-0.2, -0.15) is 19.1 Å². The van der Waals surface area contributed by atoms with Crippen LogP contribution in [0, 0.1) is 21.6 Å². The summed E-state index contributed by atoms with van der Waals surface area (Å²) in [6.45, 7) is 14.8. The summed E-state index contributed by atoms with van der Waals surface area (Å²) in [4.78, 5) is 15.5. The number of nitrogens with zero attached hydrogens (tertiary/aromatic N) is 3. The molecule has 9 heteroatoms. The fourth-order valence-electron chi connectivity index (χ4n) is 4.31. The van der Waals surface area contributed by atoms with E-state index in [1.165, 1.54) is 0 Å². The normalized spacial score (nSPS) is 20.6. The van der Waals surface area contributed by atoms with Gasteiger partial charge in [0, 0.05) is 30.2 Å². The van der Waals surface area contributed by atoms with Gasteiger partial charge in [-0.05, 0) is 30.5 Å². The van der Waals surface area contributed by atoms with Gasteiger partial charge in [0.15, 0.2) is 5.78 Å². The zero-order valence-electron chi connectivity index (χ0n) is 19.5. The molecule has 1 aliphatic heterocycles. The highest BCUT2D eigenvalue weighted by Gasteiger charge is 2.40. The van der Waals surface area contributed by atoms with Crippen LogP contribution >= 0.6 is 0 Å². The van der Waals surface area contributed by atoms with Crippen molar-refractivity contribution >= 4 is 11.5 Å². The molecule has 32 heavy (non-hydrogen) atoms. The predicted molar refractivity (Wildman–Crippen MR) is 114 cm³/mol. The molecule has 0 aromatic heterocycles. The molecule has 3 rings (SSSR count). The van der Waals surface area contributed by atoms with Crippen molar-refractivity contribution in [1.82, 2.24) is 9.91 Å². The van der Waals surface area contributed by atoms with Crippen LogP contribution in [0.1, 0.15) is 53.0 Å². The average molecular weight is 468 g/mol. The SMILES string of the molecule is CCN(CC)CCN1N=C(c2ccccc2)C(C)C2=C1CC(C)(C)CC2=O.[O-][Cl+3]([O-])([O-])O. The van der Waals surface area contributed by atoms with Gasteiger partial charge in [0.2, 0.25) is 0 Å². The molecule has 0 fully saturated rings. The quantitative estimate of drug-likeness (QED) is 0.633. The van der Waals surface area contributed by atoms with E-state index in [1.54, 1.807) is 0 Å². The van der Waals surface area contributed by atoms with Crippen molar-refractivity contribution in [1.29, 1.82) is 0 Å². The van der Waals surface area contributed by atoms with E-state index in [0.29, 0.717) is 12.2 Å². The van der Waals surface area contributed by atoms with Crippen molar-refractivity contribution in [2.24, 2.45) is 16.4 Å². The van der Waals surface area contributed by atoms with Gasteiger partial charge in [0.1, 0.15) is 0 Å². The van der Waals surface area contributed by atoms with Gasteiger partial charge >= 0.3 is 0 Å². The van der Waals surface area contributed by atoms with Crippen LogP contribution in [0.2, 0.25) is 0 Å². The molecule has 1 unspecified atom stereocenters. The van der Waals surface area contributed by atoms with Crippen LogP contribution in [0.15, 0.2) is 46.7 Å². The molecule has 1 N–H and O–H groups in total. The number of ketones is 1. The monoisotopic (exact) mass is 467 g/mol. The van der Waals surface area contributed by atoms with Gasteiger partial charge in [0.05, 0.1) is 27.2 Å². The molecule has 1 atom stereocenters. The highest BCUT2D eigenvalue weighted by Crippen LogP contribution is 2.43. The molecule has 0 radical (unpaired) electrons. The minimum atomic E-state index is -4.69. The van der Waals surface area contributed by atoms with E-state index in [-0.39, 0.29) is 11.3 Å². The van der Waals surface area contributed by atoms with Crippen molar-refractivity contribution in [3.63, 3.8) is 0 Å². The van der Waals surface area contributed by atoms with E-state index < -0.39 is 10.2 Å².